The van der Waals surface area contributed by atoms with Gasteiger partial charge in [-0.3, -0.25) is 14.5 Å². The molecule has 4 amide bonds. The number of hydrogen-bond donors (Lipinski definition) is 1. The highest BCUT2D eigenvalue weighted by molar-refractivity contribution is 6.08. The number of pyridine rings is 1. The second-order valence-corrected chi connectivity index (χ2v) is 8.23. The van der Waals surface area contributed by atoms with E-state index in [4.69, 9.17) is 4.74 Å². The molecule has 1 aliphatic carbocycles. The van der Waals surface area contributed by atoms with E-state index in [1.54, 1.807) is 13.2 Å². The van der Waals surface area contributed by atoms with Crippen LogP contribution in [0.3, 0.4) is 0 Å². The second kappa shape index (κ2) is 8.59. The number of aromatic nitrogens is 1. The van der Waals surface area contributed by atoms with Gasteiger partial charge in [0.2, 0.25) is 5.91 Å². The molecule has 30 heavy (non-hydrogen) atoms. The number of morpholine rings is 1. The lowest BCUT2D eigenvalue weighted by Crippen LogP contribution is -2.49. The summed E-state index contributed by atoms with van der Waals surface area (Å²) in [6, 6.07) is 3.48. The van der Waals surface area contributed by atoms with E-state index in [1.807, 2.05) is 12.1 Å². The molecule has 0 atom stereocenters. The maximum atomic E-state index is 13.0. The van der Waals surface area contributed by atoms with E-state index in [9.17, 15) is 14.4 Å². The summed E-state index contributed by atoms with van der Waals surface area (Å²) in [5.41, 5.74) is 0.106. The van der Waals surface area contributed by atoms with Crippen LogP contribution in [0.2, 0.25) is 0 Å². The van der Waals surface area contributed by atoms with Crippen molar-refractivity contribution in [3.8, 4) is 0 Å². The van der Waals surface area contributed by atoms with Crippen LogP contribution < -0.4 is 10.2 Å². The lowest BCUT2D eigenvalue weighted by Gasteiger charge is -2.35. The summed E-state index contributed by atoms with van der Waals surface area (Å²) in [5, 5.41) is 2.79. The molecule has 3 aliphatic rings. The van der Waals surface area contributed by atoms with Crippen molar-refractivity contribution in [2.75, 3.05) is 44.8 Å². The zero-order chi connectivity index (χ0) is 21.1. The molecule has 2 saturated heterocycles. The minimum Gasteiger partial charge on any atom is -0.378 e. The van der Waals surface area contributed by atoms with Crippen LogP contribution >= 0.6 is 0 Å². The molecule has 4 rings (SSSR count). The van der Waals surface area contributed by atoms with Crippen LogP contribution in [-0.2, 0) is 20.9 Å². The molecule has 9 nitrogen and oxygen atoms in total. The van der Waals surface area contributed by atoms with Crippen molar-refractivity contribution in [3.05, 3.63) is 23.9 Å². The zero-order valence-electron chi connectivity index (χ0n) is 17.4. The quantitative estimate of drug-likeness (QED) is 0.725. The number of rotatable bonds is 5. The molecule has 9 heteroatoms. The summed E-state index contributed by atoms with van der Waals surface area (Å²) in [6.45, 7) is 3.08. The number of carbonyl (C=O) groups excluding carboxylic acids is 3. The van der Waals surface area contributed by atoms with Crippen molar-refractivity contribution >= 4 is 23.7 Å². The molecule has 0 unspecified atom stereocenters. The van der Waals surface area contributed by atoms with Gasteiger partial charge in [0.25, 0.3) is 5.91 Å². The van der Waals surface area contributed by atoms with E-state index in [-0.39, 0.29) is 24.4 Å². The van der Waals surface area contributed by atoms with Gasteiger partial charge in [0.15, 0.2) is 0 Å². The number of amides is 4. The fourth-order valence-electron chi connectivity index (χ4n) is 4.57. The SMILES string of the molecule is CN1C(=O)N(CC(=O)NCc2ccc(N3CCOCC3)nc2)C(=O)C12CCCCC2. The van der Waals surface area contributed by atoms with Crippen LogP contribution in [0.25, 0.3) is 0 Å². The minimum absolute atomic E-state index is 0.235. The van der Waals surface area contributed by atoms with E-state index in [1.165, 1.54) is 4.90 Å². The smallest absolute Gasteiger partial charge is 0.327 e. The third-order valence-corrected chi connectivity index (χ3v) is 6.42. The first-order chi connectivity index (χ1) is 14.5. The molecule has 3 fully saturated rings. The molecule has 0 radical (unpaired) electrons. The Morgan fingerprint density at radius 2 is 1.90 bits per heavy atom. The number of urea groups is 1. The standard InChI is InChI=1S/C21H29N5O4/c1-24-20(29)26(19(28)21(24)7-3-2-4-8-21)15-18(27)23-14-16-5-6-17(22-13-16)25-9-11-30-12-10-25/h5-6,13H,2-4,7-12,14-15H2,1H3,(H,23,27). The van der Waals surface area contributed by atoms with Gasteiger partial charge in [0.1, 0.15) is 17.9 Å². The molecule has 1 saturated carbocycles. The summed E-state index contributed by atoms with van der Waals surface area (Å²) in [4.78, 5) is 47.3. The Balaban J connectivity index is 1.31. The van der Waals surface area contributed by atoms with Crippen LogP contribution in [0.5, 0.6) is 0 Å². The van der Waals surface area contributed by atoms with Crippen molar-refractivity contribution in [1.29, 1.82) is 0 Å². The van der Waals surface area contributed by atoms with Crippen LogP contribution in [0.1, 0.15) is 37.7 Å². The van der Waals surface area contributed by atoms with Crippen molar-refractivity contribution in [1.82, 2.24) is 20.1 Å². The summed E-state index contributed by atoms with van der Waals surface area (Å²) < 4.78 is 5.35. The number of nitrogens with one attached hydrogen (secondary N) is 1. The molecule has 0 aromatic carbocycles. The summed E-state index contributed by atoms with van der Waals surface area (Å²) in [7, 11) is 1.67. The fourth-order valence-corrected chi connectivity index (χ4v) is 4.57. The number of likely N-dealkylation sites (N-methyl/N-ethyl adjacent to an activating group) is 1. The Morgan fingerprint density at radius 3 is 2.57 bits per heavy atom. The highest BCUT2D eigenvalue weighted by Gasteiger charge is 2.55. The lowest BCUT2D eigenvalue weighted by molar-refractivity contribution is -0.137. The van der Waals surface area contributed by atoms with E-state index in [0.717, 1.165) is 48.6 Å². The Kier molecular flexibility index (Phi) is 5.90. The van der Waals surface area contributed by atoms with Gasteiger partial charge >= 0.3 is 6.03 Å². The normalized spacial score (nSPS) is 21.4. The molecule has 3 heterocycles. The first-order valence-corrected chi connectivity index (χ1v) is 10.7. The summed E-state index contributed by atoms with van der Waals surface area (Å²) >= 11 is 0. The Morgan fingerprint density at radius 1 is 1.17 bits per heavy atom. The molecule has 2 aliphatic heterocycles. The summed E-state index contributed by atoms with van der Waals surface area (Å²) in [5.74, 6) is 0.305. The van der Waals surface area contributed by atoms with Gasteiger partial charge in [-0.25, -0.2) is 9.78 Å². The van der Waals surface area contributed by atoms with Gasteiger partial charge in [-0.05, 0) is 24.5 Å². The average molecular weight is 415 g/mol. The van der Waals surface area contributed by atoms with Gasteiger partial charge in [-0.2, -0.15) is 0 Å². The zero-order valence-corrected chi connectivity index (χ0v) is 17.4. The van der Waals surface area contributed by atoms with Gasteiger partial charge < -0.3 is 19.9 Å². The summed E-state index contributed by atoms with van der Waals surface area (Å²) in [6.07, 6.45) is 6.02. The number of anilines is 1. The molecule has 1 N–H and O–H groups in total. The first kappa shape index (κ1) is 20.6. The molecule has 0 bridgehead atoms. The van der Waals surface area contributed by atoms with Gasteiger partial charge in [0.05, 0.1) is 13.2 Å². The monoisotopic (exact) mass is 415 g/mol. The maximum absolute atomic E-state index is 13.0. The van der Waals surface area contributed by atoms with Crippen LogP contribution in [0, 0.1) is 0 Å². The predicted molar refractivity (Wildman–Crippen MR) is 110 cm³/mol. The van der Waals surface area contributed by atoms with Crippen LogP contribution in [0.4, 0.5) is 10.6 Å². The Hall–Kier alpha value is -2.68. The number of imide groups is 1. The van der Waals surface area contributed by atoms with Crippen molar-refractivity contribution < 1.29 is 19.1 Å². The highest BCUT2D eigenvalue weighted by Crippen LogP contribution is 2.39. The number of nitrogens with zero attached hydrogens (tertiary/aromatic N) is 4. The van der Waals surface area contributed by atoms with E-state index >= 15 is 0 Å². The molecule has 1 spiro atoms. The maximum Gasteiger partial charge on any atom is 0.327 e. The number of carbonyl (C=O) groups is 3. The predicted octanol–water partition coefficient (Wildman–Crippen LogP) is 1.13. The molecular formula is C21H29N5O4. The molecular weight excluding hydrogens is 386 g/mol. The Labute approximate surface area is 176 Å². The van der Waals surface area contributed by atoms with Gasteiger partial charge in [-0.1, -0.05) is 25.3 Å². The van der Waals surface area contributed by atoms with E-state index < -0.39 is 5.54 Å². The van der Waals surface area contributed by atoms with Gasteiger partial charge in [0, 0.05) is 32.9 Å². The van der Waals surface area contributed by atoms with Crippen molar-refractivity contribution in [2.24, 2.45) is 0 Å². The molecule has 162 valence electrons. The highest BCUT2D eigenvalue weighted by atomic mass is 16.5. The van der Waals surface area contributed by atoms with E-state index in [0.29, 0.717) is 32.6 Å². The number of hydrogen-bond acceptors (Lipinski definition) is 6. The van der Waals surface area contributed by atoms with Crippen LogP contribution in [-0.4, -0.2) is 78.1 Å². The fraction of sp³-hybridized carbons (Fsp3) is 0.619. The molecule has 1 aromatic heterocycles. The largest absolute Gasteiger partial charge is 0.378 e. The topological polar surface area (TPSA) is 95.1 Å². The average Bonchev–Trinajstić information content (AvgIpc) is 2.95. The Bertz CT molecular complexity index is 800. The lowest BCUT2D eigenvalue weighted by atomic mass is 9.81. The molecule has 1 aromatic rings. The second-order valence-electron chi connectivity index (χ2n) is 8.23. The van der Waals surface area contributed by atoms with E-state index in [2.05, 4.69) is 15.2 Å². The van der Waals surface area contributed by atoms with Crippen molar-refractivity contribution in [3.63, 3.8) is 0 Å². The minimum atomic E-state index is -0.755. The van der Waals surface area contributed by atoms with Crippen molar-refractivity contribution in [2.45, 2.75) is 44.2 Å². The van der Waals surface area contributed by atoms with Crippen LogP contribution in [0.15, 0.2) is 18.3 Å². The third kappa shape index (κ3) is 3.86. The van der Waals surface area contributed by atoms with Gasteiger partial charge in [-0.15, -0.1) is 0 Å². The first-order valence-electron chi connectivity index (χ1n) is 10.7. The third-order valence-electron chi connectivity index (χ3n) is 6.42. The number of ether oxygens (including phenoxy) is 1.